The first-order valence-electron chi connectivity index (χ1n) is 6.96. The number of carbonyl (C=O) groups is 1. The Hall–Kier alpha value is -2.29. The molecule has 3 nitrogen and oxygen atoms in total. The first-order chi connectivity index (χ1) is 9.82. The molecule has 0 N–H and O–H groups in total. The van der Waals surface area contributed by atoms with Gasteiger partial charge in [0, 0.05) is 12.6 Å². The molecule has 1 unspecified atom stereocenters. The van der Waals surface area contributed by atoms with E-state index in [9.17, 15) is 4.79 Å². The molecule has 1 atom stereocenters. The third kappa shape index (κ3) is 1.38. The minimum atomic E-state index is -0.551. The quantitative estimate of drug-likeness (QED) is 0.792. The van der Waals surface area contributed by atoms with Gasteiger partial charge in [-0.05, 0) is 36.6 Å². The van der Waals surface area contributed by atoms with Crippen LogP contribution in [-0.2, 0) is 10.2 Å². The molecule has 0 bridgehead atoms. The average Bonchev–Trinajstić information content (AvgIpc) is 3.04. The van der Waals surface area contributed by atoms with Crippen molar-refractivity contribution in [3.8, 4) is 0 Å². The topological polar surface area (TPSA) is 42.3 Å². The van der Waals surface area contributed by atoms with Crippen molar-refractivity contribution >= 4 is 17.2 Å². The van der Waals surface area contributed by atoms with Gasteiger partial charge in [0.25, 0.3) is 0 Å². The van der Waals surface area contributed by atoms with Crippen molar-refractivity contribution in [3.05, 3.63) is 59.9 Å². The van der Waals surface area contributed by atoms with Crippen LogP contribution < -0.4 is 0 Å². The minimum absolute atomic E-state index is 0.284. The van der Waals surface area contributed by atoms with E-state index in [2.05, 4.69) is 4.98 Å². The standard InChI is InChI=1S/C17H14N2O/c20-15-9-5-10-17(15)12-6-1-2-7-13(12)19-16(17)14-8-3-4-11-18-14/h1-4,6-8,11H,5,9-10H2. The molecule has 1 aromatic carbocycles. The zero-order chi connectivity index (χ0) is 13.6. The number of fused-ring (bicyclic) bond motifs is 2. The molecule has 0 amide bonds. The summed E-state index contributed by atoms with van der Waals surface area (Å²) in [6, 6.07) is 13.8. The second-order valence-corrected chi connectivity index (χ2v) is 5.37. The Morgan fingerprint density at radius 1 is 1.05 bits per heavy atom. The maximum atomic E-state index is 12.6. The molecule has 1 aromatic heterocycles. The van der Waals surface area contributed by atoms with Crippen molar-refractivity contribution in [1.82, 2.24) is 4.98 Å². The predicted octanol–water partition coefficient (Wildman–Crippen LogP) is 3.21. The lowest BCUT2D eigenvalue weighted by Gasteiger charge is -2.24. The SMILES string of the molecule is O=C1CCCC12C(c1ccccn1)=Nc1ccccc12. The van der Waals surface area contributed by atoms with Gasteiger partial charge in [-0.3, -0.25) is 9.78 Å². The molecule has 1 aliphatic heterocycles. The maximum Gasteiger partial charge on any atom is 0.149 e. The number of Topliss-reactive ketones (excluding diaryl/α,β-unsaturated/α-hetero) is 1. The molecule has 2 aromatic rings. The largest absolute Gasteiger partial charge is 0.298 e. The maximum absolute atomic E-state index is 12.6. The van der Waals surface area contributed by atoms with Crippen molar-refractivity contribution in [3.63, 3.8) is 0 Å². The summed E-state index contributed by atoms with van der Waals surface area (Å²) in [5.74, 6) is 0.284. The van der Waals surface area contributed by atoms with Crippen LogP contribution in [0, 0.1) is 0 Å². The molecule has 2 heterocycles. The molecule has 4 rings (SSSR count). The fourth-order valence-corrected chi connectivity index (χ4v) is 3.46. The average molecular weight is 262 g/mol. The summed E-state index contributed by atoms with van der Waals surface area (Å²) in [5.41, 5.74) is 3.08. The molecule has 1 spiro atoms. The van der Waals surface area contributed by atoms with E-state index >= 15 is 0 Å². The highest BCUT2D eigenvalue weighted by Crippen LogP contribution is 2.49. The van der Waals surface area contributed by atoms with E-state index in [1.165, 1.54) is 0 Å². The summed E-state index contributed by atoms with van der Waals surface area (Å²) >= 11 is 0. The summed E-state index contributed by atoms with van der Waals surface area (Å²) in [5, 5.41) is 0. The zero-order valence-corrected chi connectivity index (χ0v) is 11.0. The molecule has 0 radical (unpaired) electrons. The van der Waals surface area contributed by atoms with Gasteiger partial charge in [-0.2, -0.15) is 0 Å². The molecular weight excluding hydrogens is 248 g/mol. The Labute approximate surface area is 117 Å². The molecule has 0 saturated heterocycles. The molecule has 2 aliphatic rings. The molecule has 20 heavy (non-hydrogen) atoms. The number of hydrogen-bond acceptors (Lipinski definition) is 3. The van der Waals surface area contributed by atoms with E-state index in [-0.39, 0.29) is 5.78 Å². The lowest BCUT2D eigenvalue weighted by atomic mass is 9.74. The van der Waals surface area contributed by atoms with Crippen LogP contribution in [0.5, 0.6) is 0 Å². The van der Waals surface area contributed by atoms with E-state index in [0.717, 1.165) is 35.5 Å². The Morgan fingerprint density at radius 2 is 1.90 bits per heavy atom. The number of para-hydroxylation sites is 1. The fraction of sp³-hybridized carbons (Fsp3) is 0.235. The number of carbonyl (C=O) groups excluding carboxylic acids is 1. The van der Waals surface area contributed by atoms with Crippen molar-refractivity contribution in [2.75, 3.05) is 0 Å². The summed E-state index contributed by atoms with van der Waals surface area (Å²) < 4.78 is 0. The molecule has 1 fully saturated rings. The van der Waals surface area contributed by atoms with Gasteiger partial charge in [0.15, 0.2) is 0 Å². The Kier molecular flexibility index (Phi) is 2.36. The van der Waals surface area contributed by atoms with Gasteiger partial charge in [0.05, 0.1) is 17.1 Å². The van der Waals surface area contributed by atoms with Gasteiger partial charge < -0.3 is 0 Å². The van der Waals surface area contributed by atoms with Crippen molar-refractivity contribution < 1.29 is 4.79 Å². The smallest absolute Gasteiger partial charge is 0.149 e. The highest BCUT2D eigenvalue weighted by Gasteiger charge is 2.52. The van der Waals surface area contributed by atoms with E-state index in [1.54, 1.807) is 6.20 Å². The van der Waals surface area contributed by atoms with Gasteiger partial charge in [0.1, 0.15) is 11.2 Å². The Bertz CT molecular complexity index is 721. The van der Waals surface area contributed by atoms with Crippen molar-refractivity contribution in [1.29, 1.82) is 0 Å². The highest BCUT2D eigenvalue weighted by molar-refractivity contribution is 6.25. The fourth-order valence-electron chi connectivity index (χ4n) is 3.46. The van der Waals surface area contributed by atoms with Crippen LogP contribution >= 0.6 is 0 Å². The highest BCUT2D eigenvalue weighted by atomic mass is 16.1. The third-order valence-corrected chi connectivity index (χ3v) is 4.34. The van der Waals surface area contributed by atoms with Gasteiger partial charge in [0.2, 0.25) is 0 Å². The van der Waals surface area contributed by atoms with E-state index in [4.69, 9.17) is 4.99 Å². The lowest BCUT2D eigenvalue weighted by Crippen LogP contribution is -2.38. The molecule has 1 saturated carbocycles. The van der Waals surface area contributed by atoms with E-state index < -0.39 is 5.41 Å². The number of hydrogen-bond donors (Lipinski definition) is 0. The number of rotatable bonds is 1. The third-order valence-electron chi connectivity index (χ3n) is 4.34. The van der Waals surface area contributed by atoms with Gasteiger partial charge in [-0.25, -0.2) is 4.99 Å². The van der Waals surface area contributed by atoms with Crippen LogP contribution in [-0.4, -0.2) is 16.5 Å². The van der Waals surface area contributed by atoms with Crippen LogP contribution in [0.25, 0.3) is 0 Å². The first-order valence-corrected chi connectivity index (χ1v) is 6.96. The normalized spacial score (nSPS) is 24.0. The summed E-state index contributed by atoms with van der Waals surface area (Å²) in [6.07, 6.45) is 4.17. The number of ketones is 1. The van der Waals surface area contributed by atoms with Gasteiger partial charge >= 0.3 is 0 Å². The molecular formula is C17H14N2O. The van der Waals surface area contributed by atoms with Crippen molar-refractivity contribution in [2.24, 2.45) is 4.99 Å². The summed E-state index contributed by atoms with van der Waals surface area (Å²) in [7, 11) is 0. The number of aromatic nitrogens is 1. The molecule has 3 heteroatoms. The van der Waals surface area contributed by atoms with Crippen molar-refractivity contribution in [2.45, 2.75) is 24.7 Å². The monoisotopic (exact) mass is 262 g/mol. The number of aliphatic imine (C=N–C) groups is 1. The van der Waals surface area contributed by atoms with Crippen LogP contribution in [0.3, 0.4) is 0 Å². The Balaban J connectivity index is 1.98. The first kappa shape index (κ1) is 11.5. The van der Waals surface area contributed by atoms with Crippen LogP contribution in [0.4, 0.5) is 5.69 Å². The Morgan fingerprint density at radius 3 is 2.65 bits per heavy atom. The minimum Gasteiger partial charge on any atom is -0.298 e. The zero-order valence-electron chi connectivity index (χ0n) is 11.0. The number of benzene rings is 1. The van der Waals surface area contributed by atoms with Crippen LogP contribution in [0.1, 0.15) is 30.5 Å². The second-order valence-electron chi connectivity index (χ2n) is 5.37. The van der Waals surface area contributed by atoms with E-state index in [0.29, 0.717) is 6.42 Å². The number of pyridine rings is 1. The molecule has 98 valence electrons. The number of nitrogens with zero attached hydrogens (tertiary/aromatic N) is 2. The van der Waals surface area contributed by atoms with Crippen LogP contribution in [0.2, 0.25) is 0 Å². The predicted molar refractivity (Wildman–Crippen MR) is 77.4 cm³/mol. The summed E-state index contributed by atoms with van der Waals surface area (Å²) in [6.45, 7) is 0. The summed E-state index contributed by atoms with van der Waals surface area (Å²) in [4.78, 5) is 21.8. The second kappa shape index (κ2) is 4.10. The van der Waals surface area contributed by atoms with Gasteiger partial charge in [-0.1, -0.05) is 24.3 Å². The van der Waals surface area contributed by atoms with Gasteiger partial charge in [-0.15, -0.1) is 0 Å². The van der Waals surface area contributed by atoms with Crippen LogP contribution in [0.15, 0.2) is 53.7 Å². The molecule has 1 aliphatic carbocycles. The lowest BCUT2D eigenvalue weighted by molar-refractivity contribution is -0.120. The van der Waals surface area contributed by atoms with E-state index in [1.807, 2.05) is 42.5 Å².